The van der Waals surface area contributed by atoms with Crippen molar-refractivity contribution in [3.63, 3.8) is 0 Å². The highest BCUT2D eigenvalue weighted by Gasteiger charge is 2.24. The van der Waals surface area contributed by atoms with Gasteiger partial charge in [0, 0.05) is 11.9 Å². The summed E-state index contributed by atoms with van der Waals surface area (Å²) in [7, 11) is 1.99. The van der Waals surface area contributed by atoms with E-state index in [9.17, 15) is 0 Å². The summed E-state index contributed by atoms with van der Waals surface area (Å²) in [5, 5.41) is 3.22. The van der Waals surface area contributed by atoms with Crippen LogP contribution in [0.2, 0.25) is 0 Å². The summed E-state index contributed by atoms with van der Waals surface area (Å²) in [5.74, 6) is 1.63. The van der Waals surface area contributed by atoms with Gasteiger partial charge in [0.25, 0.3) is 0 Å². The highest BCUT2D eigenvalue weighted by atomic mass is 35.5. The number of hydrogen-bond acceptors (Lipinski definition) is 1. The maximum absolute atomic E-state index is 5.71. The molecule has 1 rings (SSSR count). The molecule has 1 fully saturated rings. The second kappa shape index (κ2) is 3.43. The Morgan fingerprint density at radius 1 is 1.67 bits per heavy atom. The fraction of sp³-hybridized carbons (Fsp3) is 1.00. The molecule has 0 aliphatic heterocycles. The highest BCUT2D eigenvalue weighted by molar-refractivity contribution is 6.18. The molecule has 0 aromatic rings. The first-order valence-corrected chi connectivity index (χ1v) is 4.15. The van der Waals surface area contributed by atoms with Gasteiger partial charge in [0.15, 0.2) is 0 Å². The summed E-state index contributed by atoms with van der Waals surface area (Å²) in [4.78, 5) is 0. The lowest BCUT2D eigenvalue weighted by Gasteiger charge is -2.32. The van der Waals surface area contributed by atoms with Crippen LogP contribution in [0.1, 0.15) is 19.3 Å². The molecule has 0 aromatic heterocycles. The van der Waals surface area contributed by atoms with Crippen LogP contribution in [0, 0.1) is 5.92 Å². The zero-order valence-electron chi connectivity index (χ0n) is 5.86. The van der Waals surface area contributed by atoms with Gasteiger partial charge in [-0.1, -0.05) is 6.42 Å². The van der Waals surface area contributed by atoms with Gasteiger partial charge in [0.1, 0.15) is 0 Å². The number of nitrogens with one attached hydrogen (secondary N) is 1. The van der Waals surface area contributed by atoms with Gasteiger partial charge in [-0.3, -0.25) is 0 Å². The van der Waals surface area contributed by atoms with Gasteiger partial charge in [-0.25, -0.2) is 0 Å². The molecule has 0 heterocycles. The van der Waals surface area contributed by atoms with Gasteiger partial charge < -0.3 is 5.32 Å². The van der Waals surface area contributed by atoms with E-state index in [0.29, 0.717) is 6.04 Å². The Balaban J connectivity index is 2.19. The van der Waals surface area contributed by atoms with E-state index in [-0.39, 0.29) is 0 Å². The molecule has 0 spiro atoms. The molecule has 0 saturated heterocycles. The van der Waals surface area contributed by atoms with Crippen LogP contribution in [0.4, 0.5) is 0 Å². The van der Waals surface area contributed by atoms with Crippen LogP contribution in [-0.2, 0) is 0 Å². The summed E-state index contributed by atoms with van der Waals surface area (Å²) in [6.45, 7) is 0. The van der Waals surface area contributed by atoms with Crippen LogP contribution in [0.25, 0.3) is 0 Å². The molecule has 0 aromatic carbocycles. The molecule has 1 saturated carbocycles. The Morgan fingerprint density at radius 2 is 2.33 bits per heavy atom. The number of halogens is 1. The largest absolute Gasteiger partial charge is 0.316 e. The van der Waals surface area contributed by atoms with E-state index >= 15 is 0 Å². The third kappa shape index (κ3) is 1.59. The predicted octanol–water partition coefficient (Wildman–Crippen LogP) is 1.61. The monoisotopic (exact) mass is 147 g/mol. The number of hydrogen-bond donors (Lipinski definition) is 1. The van der Waals surface area contributed by atoms with E-state index in [1.807, 2.05) is 7.05 Å². The molecule has 0 bridgehead atoms. The number of rotatable bonds is 3. The van der Waals surface area contributed by atoms with Crippen molar-refractivity contribution in [2.75, 3.05) is 12.9 Å². The topological polar surface area (TPSA) is 12.0 Å². The number of alkyl halides is 1. The van der Waals surface area contributed by atoms with Gasteiger partial charge in [-0.05, 0) is 25.8 Å². The average Bonchev–Trinajstić information content (AvgIpc) is 1.78. The summed E-state index contributed by atoms with van der Waals surface area (Å²) >= 11 is 5.71. The van der Waals surface area contributed by atoms with Gasteiger partial charge in [-0.2, -0.15) is 0 Å². The molecule has 2 heteroatoms. The zero-order chi connectivity index (χ0) is 6.69. The molecule has 0 amide bonds. The Morgan fingerprint density at radius 3 is 2.44 bits per heavy atom. The SMILES string of the molecule is CNC(CCl)C1CCC1. The maximum atomic E-state index is 5.71. The first-order valence-electron chi connectivity index (χ1n) is 3.61. The minimum atomic E-state index is 0.570. The normalized spacial score (nSPS) is 23.3. The Hall–Kier alpha value is 0.250. The third-order valence-corrected chi connectivity index (χ3v) is 2.59. The molecule has 1 unspecified atom stereocenters. The van der Waals surface area contributed by atoms with Crippen LogP contribution in [0.15, 0.2) is 0 Å². The zero-order valence-corrected chi connectivity index (χ0v) is 6.62. The van der Waals surface area contributed by atoms with E-state index in [2.05, 4.69) is 5.32 Å². The van der Waals surface area contributed by atoms with E-state index < -0.39 is 0 Å². The van der Waals surface area contributed by atoms with Crippen LogP contribution in [0.5, 0.6) is 0 Å². The van der Waals surface area contributed by atoms with Gasteiger partial charge in [0.2, 0.25) is 0 Å². The summed E-state index contributed by atoms with van der Waals surface area (Å²) < 4.78 is 0. The first kappa shape index (κ1) is 7.36. The Labute approximate surface area is 61.8 Å². The molecule has 1 aliphatic rings. The molecule has 1 N–H and O–H groups in total. The lowest BCUT2D eigenvalue weighted by atomic mass is 9.80. The van der Waals surface area contributed by atoms with Crippen LogP contribution < -0.4 is 5.32 Å². The van der Waals surface area contributed by atoms with Crippen molar-refractivity contribution >= 4 is 11.6 Å². The lowest BCUT2D eigenvalue weighted by Crippen LogP contribution is -2.38. The molecule has 1 aliphatic carbocycles. The molecule has 54 valence electrons. The van der Waals surface area contributed by atoms with Crippen LogP contribution >= 0.6 is 11.6 Å². The second-order valence-electron chi connectivity index (χ2n) is 2.74. The molecule has 1 nitrogen and oxygen atoms in total. The van der Waals surface area contributed by atoms with Crippen molar-refractivity contribution < 1.29 is 0 Å². The fourth-order valence-corrected chi connectivity index (χ4v) is 1.69. The van der Waals surface area contributed by atoms with E-state index in [1.165, 1.54) is 19.3 Å². The fourth-order valence-electron chi connectivity index (χ4n) is 1.28. The third-order valence-electron chi connectivity index (χ3n) is 2.26. The van der Waals surface area contributed by atoms with E-state index in [0.717, 1.165) is 11.8 Å². The molecular formula is C7H14ClN. The summed E-state index contributed by atoms with van der Waals surface area (Å²) in [6, 6.07) is 0.570. The van der Waals surface area contributed by atoms with Crippen molar-refractivity contribution in [1.29, 1.82) is 0 Å². The average molecular weight is 148 g/mol. The Bertz CT molecular complexity index is 77.0. The van der Waals surface area contributed by atoms with Crippen molar-refractivity contribution in [2.24, 2.45) is 5.92 Å². The van der Waals surface area contributed by atoms with Gasteiger partial charge >= 0.3 is 0 Å². The minimum Gasteiger partial charge on any atom is -0.316 e. The molecule has 1 atom stereocenters. The quantitative estimate of drug-likeness (QED) is 0.599. The molecule has 9 heavy (non-hydrogen) atoms. The summed E-state index contributed by atoms with van der Waals surface area (Å²) in [6.07, 6.45) is 4.15. The van der Waals surface area contributed by atoms with Gasteiger partial charge in [-0.15, -0.1) is 11.6 Å². The van der Waals surface area contributed by atoms with Crippen molar-refractivity contribution in [1.82, 2.24) is 5.32 Å². The van der Waals surface area contributed by atoms with Crippen LogP contribution in [-0.4, -0.2) is 19.0 Å². The van der Waals surface area contributed by atoms with Crippen LogP contribution in [0.3, 0.4) is 0 Å². The van der Waals surface area contributed by atoms with Gasteiger partial charge in [0.05, 0.1) is 0 Å². The van der Waals surface area contributed by atoms with Crippen molar-refractivity contribution in [2.45, 2.75) is 25.3 Å². The van der Waals surface area contributed by atoms with E-state index in [1.54, 1.807) is 0 Å². The lowest BCUT2D eigenvalue weighted by molar-refractivity contribution is 0.252. The molecular weight excluding hydrogens is 134 g/mol. The smallest absolute Gasteiger partial charge is 0.0379 e. The Kier molecular flexibility index (Phi) is 2.80. The maximum Gasteiger partial charge on any atom is 0.0379 e. The van der Waals surface area contributed by atoms with E-state index in [4.69, 9.17) is 11.6 Å². The molecule has 0 radical (unpaired) electrons. The highest BCUT2D eigenvalue weighted by Crippen LogP contribution is 2.29. The first-order chi connectivity index (χ1) is 4.38. The van der Waals surface area contributed by atoms with Crippen molar-refractivity contribution in [3.05, 3.63) is 0 Å². The second-order valence-corrected chi connectivity index (χ2v) is 3.05. The summed E-state index contributed by atoms with van der Waals surface area (Å²) in [5.41, 5.74) is 0. The predicted molar refractivity (Wildman–Crippen MR) is 40.9 cm³/mol. The minimum absolute atomic E-state index is 0.570. The van der Waals surface area contributed by atoms with Crippen molar-refractivity contribution in [3.8, 4) is 0 Å². The standard InChI is InChI=1S/C7H14ClN/c1-9-7(5-8)6-3-2-4-6/h6-7,9H,2-5H2,1H3.